The van der Waals surface area contributed by atoms with Crippen LogP contribution in [0.2, 0.25) is 0 Å². The zero-order valence-corrected chi connectivity index (χ0v) is 7.76. The zero-order valence-electron chi connectivity index (χ0n) is 7.76. The molecule has 0 fully saturated rings. The second-order valence-corrected chi connectivity index (χ2v) is 2.72. The maximum absolute atomic E-state index is 5.31. The second-order valence-electron chi connectivity index (χ2n) is 2.72. The van der Waals surface area contributed by atoms with Gasteiger partial charge in [-0.3, -0.25) is 0 Å². The molecule has 1 atom stereocenters. The highest BCUT2D eigenvalue weighted by Crippen LogP contribution is 2.03. The third-order valence-electron chi connectivity index (χ3n) is 1.47. The Morgan fingerprint density at radius 3 is 2.45 bits per heavy atom. The van der Waals surface area contributed by atoms with E-state index in [1.165, 1.54) is 0 Å². The van der Waals surface area contributed by atoms with Crippen molar-refractivity contribution in [2.75, 3.05) is 14.1 Å². The molecule has 0 spiro atoms. The molecule has 1 unspecified atom stereocenters. The van der Waals surface area contributed by atoms with Gasteiger partial charge >= 0.3 is 0 Å². The monoisotopic (exact) mass is 152 g/mol. The van der Waals surface area contributed by atoms with Crippen molar-refractivity contribution in [3.8, 4) is 12.3 Å². The molecule has 2 nitrogen and oxygen atoms in total. The van der Waals surface area contributed by atoms with Crippen LogP contribution in [0.5, 0.6) is 0 Å². The van der Waals surface area contributed by atoms with Crippen LogP contribution in [-0.2, 0) is 0 Å². The Kier molecular flexibility index (Phi) is 4.36. The Morgan fingerprint density at radius 1 is 1.64 bits per heavy atom. The lowest BCUT2D eigenvalue weighted by atomic mass is 10.0. The summed E-state index contributed by atoms with van der Waals surface area (Å²) in [6.45, 7) is 4.03. The SMILES string of the molecule is C#CC(CC)C(C)=NN(C)C. The summed E-state index contributed by atoms with van der Waals surface area (Å²) in [4.78, 5) is 0. The quantitative estimate of drug-likeness (QED) is 0.340. The predicted octanol–water partition coefficient (Wildman–Crippen LogP) is 1.58. The third kappa shape index (κ3) is 3.67. The van der Waals surface area contributed by atoms with E-state index in [1.54, 1.807) is 5.01 Å². The maximum Gasteiger partial charge on any atom is 0.0595 e. The topological polar surface area (TPSA) is 15.6 Å². The molecular weight excluding hydrogens is 136 g/mol. The van der Waals surface area contributed by atoms with E-state index in [0.717, 1.165) is 12.1 Å². The van der Waals surface area contributed by atoms with Crippen molar-refractivity contribution in [1.29, 1.82) is 0 Å². The minimum atomic E-state index is 0.192. The number of nitrogens with zero attached hydrogens (tertiary/aromatic N) is 2. The minimum Gasteiger partial charge on any atom is -0.303 e. The van der Waals surface area contributed by atoms with Gasteiger partial charge in [0.15, 0.2) is 0 Å². The van der Waals surface area contributed by atoms with Gasteiger partial charge in [0.1, 0.15) is 0 Å². The van der Waals surface area contributed by atoms with Crippen molar-refractivity contribution in [3.05, 3.63) is 0 Å². The van der Waals surface area contributed by atoms with Gasteiger partial charge in [-0.05, 0) is 13.3 Å². The van der Waals surface area contributed by atoms with Crippen molar-refractivity contribution < 1.29 is 0 Å². The molecule has 0 saturated carbocycles. The van der Waals surface area contributed by atoms with E-state index in [1.807, 2.05) is 21.0 Å². The first-order chi connectivity index (χ1) is 5.11. The highest BCUT2D eigenvalue weighted by atomic mass is 15.4. The number of rotatable bonds is 3. The average molecular weight is 152 g/mol. The van der Waals surface area contributed by atoms with Gasteiger partial charge in [-0.25, -0.2) is 0 Å². The van der Waals surface area contributed by atoms with E-state index in [0.29, 0.717) is 0 Å². The Labute approximate surface area is 69.3 Å². The van der Waals surface area contributed by atoms with Gasteiger partial charge in [-0.1, -0.05) is 12.8 Å². The van der Waals surface area contributed by atoms with Gasteiger partial charge < -0.3 is 5.01 Å². The summed E-state index contributed by atoms with van der Waals surface area (Å²) in [6, 6.07) is 0. The van der Waals surface area contributed by atoms with E-state index < -0.39 is 0 Å². The van der Waals surface area contributed by atoms with Gasteiger partial charge in [-0.15, -0.1) is 6.42 Å². The van der Waals surface area contributed by atoms with E-state index in [2.05, 4.69) is 17.9 Å². The highest BCUT2D eigenvalue weighted by molar-refractivity contribution is 5.86. The summed E-state index contributed by atoms with van der Waals surface area (Å²) in [5.74, 6) is 2.89. The fraction of sp³-hybridized carbons (Fsp3) is 0.667. The summed E-state index contributed by atoms with van der Waals surface area (Å²) in [7, 11) is 3.79. The molecule has 0 radical (unpaired) electrons. The van der Waals surface area contributed by atoms with Crippen LogP contribution >= 0.6 is 0 Å². The number of terminal acetylenes is 1. The van der Waals surface area contributed by atoms with Crippen LogP contribution in [0.3, 0.4) is 0 Å². The van der Waals surface area contributed by atoms with Crippen LogP contribution in [0, 0.1) is 18.3 Å². The molecule has 0 rings (SSSR count). The van der Waals surface area contributed by atoms with E-state index in [4.69, 9.17) is 6.42 Å². The Hall–Kier alpha value is -0.970. The molecule has 0 bridgehead atoms. The molecule has 2 heteroatoms. The summed E-state index contributed by atoms with van der Waals surface area (Å²) >= 11 is 0. The van der Waals surface area contributed by atoms with E-state index in [9.17, 15) is 0 Å². The molecule has 0 amide bonds. The maximum atomic E-state index is 5.31. The van der Waals surface area contributed by atoms with Crippen molar-refractivity contribution >= 4 is 5.71 Å². The molecule has 0 saturated heterocycles. The van der Waals surface area contributed by atoms with Crippen LogP contribution in [0.15, 0.2) is 5.10 Å². The van der Waals surface area contributed by atoms with Crippen LogP contribution in [-0.4, -0.2) is 24.8 Å². The Bertz CT molecular complexity index is 174. The molecule has 0 heterocycles. The van der Waals surface area contributed by atoms with Gasteiger partial charge in [0, 0.05) is 19.8 Å². The lowest BCUT2D eigenvalue weighted by molar-refractivity contribution is 0.434. The van der Waals surface area contributed by atoms with Gasteiger partial charge in [0.2, 0.25) is 0 Å². The number of hydrazone groups is 1. The second kappa shape index (κ2) is 4.79. The molecule has 0 aromatic carbocycles. The summed E-state index contributed by atoms with van der Waals surface area (Å²) in [5, 5.41) is 6.00. The van der Waals surface area contributed by atoms with Crippen molar-refractivity contribution in [3.63, 3.8) is 0 Å². The molecule has 0 aliphatic rings. The van der Waals surface area contributed by atoms with Crippen molar-refractivity contribution in [2.24, 2.45) is 11.0 Å². The fourth-order valence-electron chi connectivity index (χ4n) is 0.919. The summed E-state index contributed by atoms with van der Waals surface area (Å²) in [5.41, 5.74) is 1.01. The smallest absolute Gasteiger partial charge is 0.0595 e. The molecule has 62 valence electrons. The highest BCUT2D eigenvalue weighted by Gasteiger charge is 2.05. The Morgan fingerprint density at radius 2 is 2.18 bits per heavy atom. The molecule has 0 N–H and O–H groups in total. The van der Waals surface area contributed by atoms with Gasteiger partial charge in [0.25, 0.3) is 0 Å². The minimum absolute atomic E-state index is 0.192. The van der Waals surface area contributed by atoms with Gasteiger partial charge in [0.05, 0.1) is 5.92 Å². The summed E-state index contributed by atoms with van der Waals surface area (Å²) < 4.78 is 0. The molecular formula is C9H16N2. The average Bonchev–Trinajstić information content (AvgIpc) is 1.88. The molecule has 11 heavy (non-hydrogen) atoms. The van der Waals surface area contributed by atoms with Crippen LogP contribution in [0.4, 0.5) is 0 Å². The first kappa shape index (κ1) is 10.0. The van der Waals surface area contributed by atoms with Crippen LogP contribution < -0.4 is 0 Å². The summed E-state index contributed by atoms with van der Waals surface area (Å²) in [6.07, 6.45) is 6.27. The standard InChI is InChI=1S/C9H16N2/c1-6-9(7-2)8(3)10-11(4)5/h1,9H,7H2,2-5H3. The first-order valence-electron chi connectivity index (χ1n) is 3.80. The molecule has 0 aliphatic carbocycles. The first-order valence-corrected chi connectivity index (χ1v) is 3.80. The van der Waals surface area contributed by atoms with E-state index >= 15 is 0 Å². The third-order valence-corrected chi connectivity index (χ3v) is 1.47. The lowest BCUT2D eigenvalue weighted by Gasteiger charge is -2.10. The fourth-order valence-corrected chi connectivity index (χ4v) is 0.919. The number of hydrogen-bond donors (Lipinski definition) is 0. The largest absolute Gasteiger partial charge is 0.303 e. The Balaban J connectivity index is 4.22. The van der Waals surface area contributed by atoms with Crippen molar-refractivity contribution in [1.82, 2.24) is 5.01 Å². The number of hydrogen-bond acceptors (Lipinski definition) is 2. The molecule has 0 aliphatic heterocycles. The van der Waals surface area contributed by atoms with Crippen molar-refractivity contribution in [2.45, 2.75) is 20.3 Å². The normalized spacial score (nSPS) is 13.9. The van der Waals surface area contributed by atoms with Crippen LogP contribution in [0.1, 0.15) is 20.3 Å². The predicted molar refractivity (Wildman–Crippen MR) is 49.4 cm³/mol. The zero-order chi connectivity index (χ0) is 8.85. The van der Waals surface area contributed by atoms with Crippen LogP contribution in [0.25, 0.3) is 0 Å². The van der Waals surface area contributed by atoms with E-state index in [-0.39, 0.29) is 5.92 Å². The molecule has 0 aromatic heterocycles. The van der Waals surface area contributed by atoms with Gasteiger partial charge in [-0.2, -0.15) is 5.10 Å². The molecule has 0 aromatic rings. The lowest BCUT2D eigenvalue weighted by Crippen LogP contribution is -2.13.